The molecule has 0 radical (unpaired) electrons. The van der Waals surface area contributed by atoms with Crippen molar-refractivity contribution in [2.75, 3.05) is 7.05 Å². The molecule has 1 unspecified atom stereocenters. The highest BCUT2D eigenvalue weighted by Crippen LogP contribution is 2.28. The molecule has 102 valence electrons. The highest BCUT2D eigenvalue weighted by molar-refractivity contribution is 7.20. The first-order chi connectivity index (χ1) is 9.66. The number of furan rings is 1. The van der Waals surface area contributed by atoms with Gasteiger partial charge in [-0.05, 0) is 36.6 Å². The maximum absolute atomic E-state index is 12.5. The van der Waals surface area contributed by atoms with Crippen molar-refractivity contribution >= 4 is 27.3 Å². The fourth-order valence-electron chi connectivity index (χ4n) is 2.16. The molecule has 3 nitrogen and oxygen atoms in total. The van der Waals surface area contributed by atoms with Crippen LogP contribution in [0.4, 0.5) is 0 Å². The Morgan fingerprint density at radius 1 is 1.25 bits per heavy atom. The minimum absolute atomic E-state index is 0.0232. The van der Waals surface area contributed by atoms with Crippen molar-refractivity contribution in [3.05, 3.63) is 59.4 Å². The van der Waals surface area contributed by atoms with Crippen molar-refractivity contribution in [2.45, 2.75) is 13.0 Å². The molecule has 3 aromatic rings. The van der Waals surface area contributed by atoms with Gasteiger partial charge in [-0.2, -0.15) is 0 Å². The van der Waals surface area contributed by atoms with Crippen LogP contribution in [-0.2, 0) is 0 Å². The highest BCUT2D eigenvalue weighted by Gasteiger charge is 2.22. The molecule has 1 atom stereocenters. The Morgan fingerprint density at radius 3 is 2.75 bits per heavy atom. The van der Waals surface area contributed by atoms with Crippen LogP contribution < -0.4 is 0 Å². The molecule has 0 bridgehead atoms. The molecule has 1 aromatic carbocycles. The number of thiophene rings is 1. The maximum Gasteiger partial charge on any atom is 0.264 e. The number of carbonyl (C=O) groups is 1. The zero-order chi connectivity index (χ0) is 14.1. The summed E-state index contributed by atoms with van der Waals surface area (Å²) >= 11 is 1.53. The van der Waals surface area contributed by atoms with Gasteiger partial charge in [0.1, 0.15) is 5.76 Å². The van der Waals surface area contributed by atoms with E-state index in [1.54, 1.807) is 18.2 Å². The van der Waals surface area contributed by atoms with Crippen LogP contribution in [0.5, 0.6) is 0 Å². The van der Waals surface area contributed by atoms with Gasteiger partial charge < -0.3 is 9.32 Å². The van der Waals surface area contributed by atoms with Gasteiger partial charge in [0.25, 0.3) is 5.91 Å². The van der Waals surface area contributed by atoms with Gasteiger partial charge in [-0.1, -0.05) is 18.2 Å². The fourth-order valence-corrected chi connectivity index (χ4v) is 3.20. The van der Waals surface area contributed by atoms with E-state index in [4.69, 9.17) is 4.42 Å². The molecule has 1 amide bonds. The summed E-state index contributed by atoms with van der Waals surface area (Å²) in [4.78, 5) is 15.0. The third-order valence-corrected chi connectivity index (χ3v) is 4.60. The Kier molecular flexibility index (Phi) is 3.32. The summed E-state index contributed by atoms with van der Waals surface area (Å²) in [5.74, 6) is 0.817. The van der Waals surface area contributed by atoms with E-state index in [2.05, 4.69) is 0 Å². The van der Waals surface area contributed by atoms with E-state index in [1.165, 1.54) is 11.3 Å². The first-order valence-electron chi connectivity index (χ1n) is 6.46. The van der Waals surface area contributed by atoms with E-state index in [0.717, 1.165) is 20.7 Å². The largest absolute Gasteiger partial charge is 0.467 e. The van der Waals surface area contributed by atoms with Crippen LogP contribution in [0, 0.1) is 0 Å². The monoisotopic (exact) mass is 285 g/mol. The van der Waals surface area contributed by atoms with Gasteiger partial charge in [0.2, 0.25) is 0 Å². The molecule has 0 spiro atoms. The van der Waals surface area contributed by atoms with Crippen LogP contribution in [-0.4, -0.2) is 17.9 Å². The number of hydrogen-bond donors (Lipinski definition) is 0. The smallest absolute Gasteiger partial charge is 0.264 e. The van der Waals surface area contributed by atoms with Crippen LogP contribution in [0.2, 0.25) is 0 Å². The first kappa shape index (κ1) is 12.9. The average molecular weight is 285 g/mol. The molecule has 20 heavy (non-hydrogen) atoms. The molecule has 4 heteroatoms. The van der Waals surface area contributed by atoms with Crippen LogP contribution in [0.15, 0.2) is 53.1 Å². The number of rotatable bonds is 3. The third-order valence-electron chi connectivity index (χ3n) is 3.49. The Hall–Kier alpha value is -2.07. The molecule has 2 aromatic heterocycles. The number of carbonyl (C=O) groups excluding carboxylic acids is 1. The quantitative estimate of drug-likeness (QED) is 0.717. The van der Waals surface area contributed by atoms with Gasteiger partial charge in [-0.3, -0.25) is 4.79 Å². The van der Waals surface area contributed by atoms with Crippen molar-refractivity contribution in [1.82, 2.24) is 4.90 Å². The lowest BCUT2D eigenvalue weighted by atomic mass is 10.2. The molecule has 0 aliphatic carbocycles. The average Bonchev–Trinajstić information content (AvgIpc) is 3.13. The second kappa shape index (κ2) is 5.13. The normalized spacial score (nSPS) is 12.5. The first-order valence-corrected chi connectivity index (χ1v) is 7.27. The minimum atomic E-state index is -0.0808. The molecule has 0 aliphatic rings. The molecule has 2 heterocycles. The molecule has 0 saturated heterocycles. The Morgan fingerprint density at radius 2 is 2.05 bits per heavy atom. The van der Waals surface area contributed by atoms with Crippen molar-refractivity contribution in [1.29, 1.82) is 0 Å². The van der Waals surface area contributed by atoms with Crippen LogP contribution in [0.1, 0.15) is 28.4 Å². The van der Waals surface area contributed by atoms with Gasteiger partial charge in [0.15, 0.2) is 0 Å². The zero-order valence-electron chi connectivity index (χ0n) is 11.4. The van der Waals surface area contributed by atoms with Crippen molar-refractivity contribution in [3.8, 4) is 0 Å². The summed E-state index contributed by atoms with van der Waals surface area (Å²) < 4.78 is 6.51. The van der Waals surface area contributed by atoms with E-state index >= 15 is 0 Å². The number of hydrogen-bond acceptors (Lipinski definition) is 3. The van der Waals surface area contributed by atoms with Crippen LogP contribution >= 0.6 is 11.3 Å². The standard InChI is InChI=1S/C16H15NO2S/c1-11(13-7-5-9-19-13)17(2)16(18)15-10-12-6-3-4-8-14(12)20-15/h3-11H,1-2H3. The molecule has 3 rings (SSSR count). The summed E-state index contributed by atoms with van der Waals surface area (Å²) in [5.41, 5.74) is 0. The maximum atomic E-state index is 12.5. The van der Waals surface area contributed by atoms with Gasteiger partial charge in [-0.25, -0.2) is 0 Å². The predicted molar refractivity (Wildman–Crippen MR) is 81.0 cm³/mol. The third kappa shape index (κ3) is 2.23. The van der Waals surface area contributed by atoms with Gasteiger partial charge >= 0.3 is 0 Å². The highest BCUT2D eigenvalue weighted by atomic mass is 32.1. The minimum Gasteiger partial charge on any atom is -0.467 e. The number of benzene rings is 1. The number of nitrogens with zero attached hydrogens (tertiary/aromatic N) is 1. The Bertz CT molecular complexity index is 697. The Labute approximate surface area is 121 Å². The summed E-state index contributed by atoms with van der Waals surface area (Å²) in [6.07, 6.45) is 1.63. The lowest BCUT2D eigenvalue weighted by Crippen LogP contribution is -2.28. The van der Waals surface area contributed by atoms with Gasteiger partial charge in [0, 0.05) is 11.7 Å². The van der Waals surface area contributed by atoms with E-state index in [0.29, 0.717) is 0 Å². The second-order valence-corrected chi connectivity index (χ2v) is 5.84. The van der Waals surface area contributed by atoms with Crippen LogP contribution in [0.25, 0.3) is 10.1 Å². The van der Waals surface area contributed by atoms with E-state index in [-0.39, 0.29) is 11.9 Å². The second-order valence-electron chi connectivity index (χ2n) is 4.76. The summed E-state index contributed by atoms with van der Waals surface area (Å²) in [7, 11) is 1.81. The molecule has 0 N–H and O–H groups in total. The molecular weight excluding hydrogens is 270 g/mol. The van der Waals surface area contributed by atoms with Crippen molar-refractivity contribution < 1.29 is 9.21 Å². The summed E-state index contributed by atoms with van der Waals surface area (Å²) in [6.45, 7) is 1.96. The van der Waals surface area contributed by atoms with Crippen LogP contribution in [0.3, 0.4) is 0 Å². The SMILES string of the molecule is CC(c1ccco1)N(C)C(=O)c1cc2ccccc2s1. The lowest BCUT2D eigenvalue weighted by molar-refractivity contribution is 0.0731. The molecular formula is C16H15NO2S. The number of amides is 1. The van der Waals surface area contributed by atoms with E-state index in [9.17, 15) is 4.79 Å². The lowest BCUT2D eigenvalue weighted by Gasteiger charge is -2.22. The number of fused-ring (bicyclic) bond motifs is 1. The molecule has 0 saturated carbocycles. The summed E-state index contributed by atoms with van der Waals surface area (Å²) in [6, 6.07) is 13.6. The van der Waals surface area contributed by atoms with E-state index in [1.807, 2.05) is 49.4 Å². The molecule has 0 fully saturated rings. The van der Waals surface area contributed by atoms with Gasteiger partial charge in [0.05, 0.1) is 17.2 Å². The predicted octanol–water partition coefficient (Wildman–Crippen LogP) is 4.33. The van der Waals surface area contributed by atoms with Crippen molar-refractivity contribution in [2.24, 2.45) is 0 Å². The Balaban J connectivity index is 1.88. The van der Waals surface area contributed by atoms with Crippen molar-refractivity contribution in [3.63, 3.8) is 0 Å². The zero-order valence-corrected chi connectivity index (χ0v) is 12.2. The van der Waals surface area contributed by atoms with E-state index < -0.39 is 0 Å². The van der Waals surface area contributed by atoms with Gasteiger partial charge in [-0.15, -0.1) is 11.3 Å². The molecule has 0 aliphatic heterocycles. The topological polar surface area (TPSA) is 33.5 Å². The summed E-state index contributed by atoms with van der Waals surface area (Å²) in [5, 5.41) is 1.11. The fraction of sp³-hybridized carbons (Fsp3) is 0.188.